The summed E-state index contributed by atoms with van der Waals surface area (Å²) in [4.78, 5) is 11.8. The van der Waals surface area contributed by atoms with Gasteiger partial charge in [0, 0.05) is 14.7 Å². The van der Waals surface area contributed by atoms with Crippen LogP contribution in [0.15, 0.2) is 64.1 Å². The molecule has 0 radical (unpaired) electrons. The summed E-state index contributed by atoms with van der Waals surface area (Å²) in [5, 5.41) is 0. The van der Waals surface area contributed by atoms with Gasteiger partial charge in [-0.1, -0.05) is 62.7 Å². The van der Waals surface area contributed by atoms with Crippen molar-refractivity contribution in [1.82, 2.24) is 10.9 Å². The fraction of sp³-hybridized carbons (Fsp3) is 0.118. The predicted octanol–water partition coefficient (Wildman–Crippen LogP) is 4.74. The normalized spacial score (nSPS) is 10.2. The first-order chi connectivity index (χ1) is 11.0. The van der Waals surface area contributed by atoms with Gasteiger partial charge < -0.3 is 0 Å². The maximum atomic E-state index is 11.8. The van der Waals surface area contributed by atoms with Crippen molar-refractivity contribution in [3.05, 3.63) is 75.2 Å². The number of carbonyl (C=O) groups is 1. The van der Waals surface area contributed by atoms with Crippen molar-refractivity contribution < 1.29 is 4.79 Å². The molecule has 2 N–H and O–H groups in total. The fourth-order valence-electron chi connectivity index (χ4n) is 1.79. The first kappa shape index (κ1) is 18.1. The molecule has 0 aliphatic heterocycles. The Bertz CT molecular complexity index is 689. The molecule has 2 aromatic carbocycles. The lowest BCUT2D eigenvalue weighted by atomic mass is 10.2. The van der Waals surface area contributed by atoms with E-state index in [0.29, 0.717) is 11.4 Å². The first-order valence-electron chi connectivity index (χ1n) is 6.86. The summed E-state index contributed by atoms with van der Waals surface area (Å²) in [6.45, 7) is 3.91. The molecule has 0 aliphatic rings. The Morgan fingerprint density at radius 1 is 1.04 bits per heavy atom. The number of hydrogen-bond acceptors (Lipinski definition) is 3. The molecular formula is C17H16Br2N2OS. The van der Waals surface area contributed by atoms with Gasteiger partial charge in [-0.2, -0.15) is 0 Å². The number of carbonyl (C=O) groups excluding carboxylic acids is 1. The standard InChI is InChI=1S/C17H16Br2N2OS/c1-12(14-5-7-15(18)8-6-14)20-21-17(22)11-23-10-13-3-2-4-16(19)9-13/h2-9,20H,1,10-11H2,(H,21,22). The molecule has 0 spiro atoms. The van der Waals surface area contributed by atoms with Gasteiger partial charge in [0.1, 0.15) is 0 Å². The largest absolute Gasteiger partial charge is 0.299 e. The van der Waals surface area contributed by atoms with Gasteiger partial charge in [0.15, 0.2) is 0 Å². The van der Waals surface area contributed by atoms with Gasteiger partial charge in [-0.25, -0.2) is 0 Å². The average Bonchev–Trinajstić information content (AvgIpc) is 2.53. The summed E-state index contributed by atoms with van der Waals surface area (Å²) in [6, 6.07) is 15.8. The van der Waals surface area contributed by atoms with Crippen LogP contribution in [-0.2, 0) is 10.5 Å². The van der Waals surface area contributed by atoms with Crippen LogP contribution in [0.1, 0.15) is 11.1 Å². The third kappa shape index (κ3) is 6.41. The number of halogens is 2. The Balaban J connectivity index is 1.70. The summed E-state index contributed by atoms with van der Waals surface area (Å²) in [6.07, 6.45) is 0. The summed E-state index contributed by atoms with van der Waals surface area (Å²) in [5.74, 6) is 1.09. The third-order valence-corrected chi connectivity index (χ3v) is 4.96. The Kier molecular flexibility index (Phi) is 7.20. The molecule has 0 fully saturated rings. The van der Waals surface area contributed by atoms with Crippen LogP contribution in [0.2, 0.25) is 0 Å². The molecule has 120 valence electrons. The fourth-order valence-corrected chi connectivity index (χ4v) is 3.28. The lowest BCUT2D eigenvalue weighted by Crippen LogP contribution is -2.37. The zero-order valence-electron chi connectivity index (χ0n) is 12.3. The maximum Gasteiger partial charge on any atom is 0.248 e. The number of rotatable bonds is 7. The van der Waals surface area contributed by atoms with E-state index in [2.05, 4.69) is 55.4 Å². The molecule has 6 heteroatoms. The highest BCUT2D eigenvalue weighted by atomic mass is 79.9. The first-order valence-corrected chi connectivity index (χ1v) is 9.60. The van der Waals surface area contributed by atoms with E-state index in [-0.39, 0.29) is 5.91 Å². The molecule has 23 heavy (non-hydrogen) atoms. The Labute approximate surface area is 157 Å². The van der Waals surface area contributed by atoms with E-state index in [4.69, 9.17) is 0 Å². The Morgan fingerprint density at radius 3 is 2.48 bits per heavy atom. The minimum atomic E-state index is -0.0803. The van der Waals surface area contributed by atoms with E-state index in [0.717, 1.165) is 20.3 Å². The SMILES string of the molecule is C=C(NNC(=O)CSCc1cccc(Br)c1)c1ccc(Br)cc1. The molecule has 0 atom stereocenters. The highest BCUT2D eigenvalue weighted by Gasteiger charge is 2.04. The third-order valence-electron chi connectivity index (χ3n) is 2.94. The van der Waals surface area contributed by atoms with Crippen LogP contribution in [0.3, 0.4) is 0 Å². The average molecular weight is 456 g/mol. The van der Waals surface area contributed by atoms with E-state index < -0.39 is 0 Å². The van der Waals surface area contributed by atoms with Crippen LogP contribution in [0.5, 0.6) is 0 Å². The minimum Gasteiger partial charge on any atom is -0.299 e. The number of nitrogens with one attached hydrogen (secondary N) is 2. The number of hydrazine groups is 1. The van der Waals surface area contributed by atoms with Gasteiger partial charge in [0.05, 0.1) is 11.4 Å². The van der Waals surface area contributed by atoms with Crippen molar-refractivity contribution in [3.8, 4) is 0 Å². The predicted molar refractivity (Wildman–Crippen MR) is 105 cm³/mol. The molecule has 3 nitrogen and oxygen atoms in total. The molecule has 0 aliphatic carbocycles. The number of benzene rings is 2. The van der Waals surface area contributed by atoms with Gasteiger partial charge in [-0.3, -0.25) is 15.6 Å². The summed E-state index contributed by atoms with van der Waals surface area (Å²) in [7, 11) is 0. The number of amides is 1. The molecule has 0 saturated carbocycles. The zero-order valence-corrected chi connectivity index (χ0v) is 16.3. The van der Waals surface area contributed by atoms with Gasteiger partial charge in [0.25, 0.3) is 0 Å². The van der Waals surface area contributed by atoms with Crippen molar-refractivity contribution in [2.24, 2.45) is 0 Å². The highest BCUT2D eigenvalue weighted by molar-refractivity contribution is 9.10. The Hall–Kier alpha value is -1.24. The number of thioether (sulfide) groups is 1. The van der Waals surface area contributed by atoms with Gasteiger partial charge in [-0.15, -0.1) is 11.8 Å². The Morgan fingerprint density at radius 2 is 1.78 bits per heavy atom. The van der Waals surface area contributed by atoms with Crippen LogP contribution in [0.4, 0.5) is 0 Å². The van der Waals surface area contributed by atoms with E-state index in [1.54, 1.807) is 11.8 Å². The summed E-state index contributed by atoms with van der Waals surface area (Å²) >= 11 is 8.39. The second kappa shape index (κ2) is 9.15. The second-order valence-corrected chi connectivity index (χ2v) is 7.60. The molecule has 0 heterocycles. The van der Waals surface area contributed by atoms with Crippen molar-refractivity contribution in [3.63, 3.8) is 0 Å². The van der Waals surface area contributed by atoms with Crippen molar-refractivity contribution in [2.45, 2.75) is 5.75 Å². The zero-order chi connectivity index (χ0) is 16.7. The molecular weight excluding hydrogens is 440 g/mol. The molecule has 0 saturated heterocycles. The van der Waals surface area contributed by atoms with Crippen LogP contribution < -0.4 is 10.9 Å². The molecule has 1 amide bonds. The van der Waals surface area contributed by atoms with E-state index in [9.17, 15) is 4.79 Å². The van der Waals surface area contributed by atoms with E-state index >= 15 is 0 Å². The van der Waals surface area contributed by atoms with Crippen LogP contribution in [0, 0.1) is 0 Å². The number of hydrogen-bond donors (Lipinski definition) is 2. The smallest absolute Gasteiger partial charge is 0.248 e. The highest BCUT2D eigenvalue weighted by Crippen LogP contribution is 2.17. The monoisotopic (exact) mass is 454 g/mol. The van der Waals surface area contributed by atoms with Gasteiger partial charge in [0.2, 0.25) is 5.91 Å². The van der Waals surface area contributed by atoms with Gasteiger partial charge >= 0.3 is 0 Å². The lowest BCUT2D eigenvalue weighted by Gasteiger charge is -2.11. The van der Waals surface area contributed by atoms with Crippen molar-refractivity contribution in [2.75, 3.05) is 5.75 Å². The molecule has 0 unspecified atom stereocenters. The lowest BCUT2D eigenvalue weighted by molar-refractivity contribution is -0.119. The molecule has 2 aromatic rings. The maximum absolute atomic E-state index is 11.8. The minimum absolute atomic E-state index is 0.0803. The van der Waals surface area contributed by atoms with E-state index in [1.807, 2.05) is 42.5 Å². The van der Waals surface area contributed by atoms with Crippen LogP contribution in [-0.4, -0.2) is 11.7 Å². The quantitative estimate of drug-likeness (QED) is 0.592. The van der Waals surface area contributed by atoms with Crippen LogP contribution >= 0.6 is 43.6 Å². The molecule has 0 aromatic heterocycles. The molecule has 2 rings (SSSR count). The summed E-state index contributed by atoms with van der Waals surface area (Å²) < 4.78 is 2.05. The summed E-state index contributed by atoms with van der Waals surface area (Å²) in [5.41, 5.74) is 8.27. The molecule has 0 bridgehead atoms. The van der Waals surface area contributed by atoms with Crippen molar-refractivity contribution >= 4 is 55.2 Å². The second-order valence-electron chi connectivity index (χ2n) is 4.78. The van der Waals surface area contributed by atoms with Crippen molar-refractivity contribution in [1.29, 1.82) is 0 Å². The van der Waals surface area contributed by atoms with Crippen LogP contribution in [0.25, 0.3) is 5.70 Å². The topological polar surface area (TPSA) is 41.1 Å². The van der Waals surface area contributed by atoms with E-state index in [1.165, 1.54) is 5.56 Å². The van der Waals surface area contributed by atoms with Gasteiger partial charge in [-0.05, 0) is 35.4 Å².